The van der Waals surface area contributed by atoms with E-state index in [1.54, 1.807) is 5.94 Å². The second-order valence-electron chi connectivity index (χ2n) is 10.0. The van der Waals surface area contributed by atoms with E-state index in [-0.39, 0.29) is 0 Å². The molecule has 0 N–H and O–H groups in total. The third-order valence-electron chi connectivity index (χ3n) is 6.05. The molecule has 0 aromatic heterocycles. The molecule has 2 rings (SSSR count). The van der Waals surface area contributed by atoms with Gasteiger partial charge >= 0.3 is 141 Å². The molecule has 2 heterocycles. The maximum absolute atomic E-state index is 2.65. The van der Waals surface area contributed by atoms with Crippen LogP contribution in [0.15, 0.2) is 8.60 Å². The van der Waals surface area contributed by atoms with Crippen LogP contribution in [-0.4, -0.2) is 36.0 Å². The molecule has 0 nitrogen and oxygen atoms in total. The molecule has 21 heavy (non-hydrogen) atoms. The van der Waals surface area contributed by atoms with Crippen LogP contribution in [0.2, 0.25) is 44.9 Å². The molecule has 2 aliphatic rings. The number of hydrogen-bond donors (Lipinski definition) is 0. The Morgan fingerprint density at radius 3 is 2.00 bits per heavy atom. The summed E-state index contributed by atoms with van der Waals surface area (Å²) in [4.78, 5) is 0. The summed E-state index contributed by atoms with van der Waals surface area (Å²) in [6.45, 7) is 11.3. The molecule has 0 aromatic carbocycles. The van der Waals surface area contributed by atoms with Gasteiger partial charge in [0, 0.05) is 0 Å². The zero-order valence-electron chi connectivity index (χ0n) is 15.7. The van der Waals surface area contributed by atoms with Gasteiger partial charge in [-0.2, -0.15) is 0 Å². The van der Waals surface area contributed by atoms with Crippen molar-refractivity contribution in [2.24, 2.45) is 5.92 Å². The molecular weight excluding hydrogens is 462 g/mol. The summed E-state index contributed by atoms with van der Waals surface area (Å²) in [5.41, 5.74) is 2.03. The summed E-state index contributed by atoms with van der Waals surface area (Å²) in [6, 6.07) is 0. The maximum atomic E-state index is 2.65. The van der Waals surface area contributed by atoms with Gasteiger partial charge in [-0.15, -0.1) is 0 Å². The third-order valence-corrected chi connectivity index (χ3v) is 17.6. The van der Waals surface area contributed by atoms with Crippen molar-refractivity contribution in [1.29, 1.82) is 0 Å². The molecule has 0 saturated carbocycles. The summed E-state index contributed by atoms with van der Waals surface area (Å²) in [7, 11) is -0.983. The molecule has 0 unspecified atom stereocenters. The van der Waals surface area contributed by atoms with E-state index in [9.17, 15) is 0 Å². The van der Waals surface area contributed by atoms with Crippen LogP contribution in [0.1, 0.15) is 45.4 Å². The Kier molecular flexibility index (Phi) is 5.94. The van der Waals surface area contributed by atoms with E-state index >= 15 is 0 Å². The molecule has 2 aliphatic heterocycles. The van der Waals surface area contributed by atoms with Gasteiger partial charge in [-0.05, 0) is 0 Å². The van der Waals surface area contributed by atoms with Gasteiger partial charge in [-0.3, -0.25) is 0 Å². The zero-order valence-corrected chi connectivity index (χ0v) is 20.6. The second-order valence-corrected chi connectivity index (χ2v) is 36.0. The first-order valence-corrected chi connectivity index (χ1v) is 26.6. The predicted molar refractivity (Wildman–Crippen MR) is 105 cm³/mol. The van der Waals surface area contributed by atoms with Crippen molar-refractivity contribution >= 4 is 36.0 Å². The van der Waals surface area contributed by atoms with Crippen molar-refractivity contribution in [3.8, 4) is 0 Å². The molecule has 2 saturated heterocycles. The standard InChI is InChI=1S/C15H28BSi.3CH3.Pb/c1-5-15-13-8-6-10-14(11-7-9-13)16(15)12-17(2,3)4;;;;/h13-14H,6-12H2,1-4H3;3*1H3;. The summed E-state index contributed by atoms with van der Waals surface area (Å²) in [6.07, 6.45) is 9.10. The van der Waals surface area contributed by atoms with Crippen LogP contribution in [0.4, 0.5) is 0 Å². The normalized spacial score (nSPS) is 30.1. The molecule has 0 aromatic rings. The van der Waals surface area contributed by atoms with Gasteiger partial charge in [0.2, 0.25) is 0 Å². The summed E-state index contributed by atoms with van der Waals surface area (Å²) in [5.74, 6) is 3.56. The van der Waals surface area contributed by atoms with E-state index in [1.165, 1.54) is 38.5 Å². The second kappa shape index (κ2) is 6.82. The number of hydrogen-bond acceptors (Lipinski definition) is 0. The van der Waals surface area contributed by atoms with E-state index in [0.717, 1.165) is 18.4 Å². The molecule has 0 amide bonds. The fourth-order valence-corrected chi connectivity index (χ4v) is 11.5. The molecule has 0 atom stereocenters. The van der Waals surface area contributed by atoms with Crippen molar-refractivity contribution in [3.63, 3.8) is 0 Å². The van der Waals surface area contributed by atoms with Crippen LogP contribution in [-0.2, 0) is 0 Å². The molecular formula is C18H37BPbSi. The van der Waals surface area contributed by atoms with Gasteiger partial charge in [0.25, 0.3) is 0 Å². The van der Waals surface area contributed by atoms with E-state index in [4.69, 9.17) is 0 Å². The number of fused-ring (bicyclic) bond motifs is 3. The topological polar surface area (TPSA) is 0 Å². The van der Waals surface area contributed by atoms with Crippen molar-refractivity contribution in [3.05, 3.63) is 8.60 Å². The summed E-state index contributed by atoms with van der Waals surface area (Å²) in [5, 5.41) is 0. The Morgan fingerprint density at radius 2 is 1.57 bits per heavy atom. The molecule has 0 radical (unpaired) electrons. The summed E-state index contributed by atoms with van der Waals surface area (Å²) >= 11 is -2.05. The van der Waals surface area contributed by atoms with Crippen molar-refractivity contribution in [1.82, 2.24) is 0 Å². The molecule has 0 aliphatic carbocycles. The zero-order chi connectivity index (χ0) is 15.8. The monoisotopic (exact) mass is 500 g/mol. The molecule has 2 bridgehead atoms. The van der Waals surface area contributed by atoms with E-state index in [2.05, 4.69) is 40.0 Å². The predicted octanol–water partition coefficient (Wildman–Crippen LogP) is 6.45. The van der Waals surface area contributed by atoms with E-state index in [0.29, 0.717) is 0 Å². The Morgan fingerprint density at radius 1 is 1.05 bits per heavy atom. The number of allylic oxidation sites excluding steroid dienone is 2. The van der Waals surface area contributed by atoms with Crippen molar-refractivity contribution in [2.45, 2.75) is 90.3 Å². The Hall–Kier alpha value is 0.944. The minimum atomic E-state index is -2.05. The van der Waals surface area contributed by atoms with Crippen LogP contribution in [0.3, 0.4) is 0 Å². The first-order valence-electron chi connectivity index (χ1n) is 9.31. The Bertz CT molecular complexity index is 392. The SMILES string of the molecule is C/[C](=C1/B(C[Si](C)(C)C)C2CCCC1CCC2)[Pb]([CH3])([CH3])[CH3]. The first-order chi connectivity index (χ1) is 9.59. The fraction of sp³-hybridized carbons (Fsp3) is 0.889. The average molecular weight is 500 g/mol. The minimum absolute atomic E-state index is 0.970. The average Bonchev–Trinajstić information content (AvgIpc) is 2.51. The molecule has 3 heteroatoms. The van der Waals surface area contributed by atoms with Gasteiger partial charge in [0.1, 0.15) is 0 Å². The van der Waals surface area contributed by atoms with Crippen molar-refractivity contribution in [2.75, 3.05) is 0 Å². The van der Waals surface area contributed by atoms with Crippen LogP contribution < -0.4 is 0 Å². The van der Waals surface area contributed by atoms with E-state index < -0.39 is 29.2 Å². The van der Waals surface area contributed by atoms with Crippen LogP contribution >= 0.6 is 0 Å². The summed E-state index contributed by atoms with van der Waals surface area (Å²) < 4.78 is 9.91. The molecule has 0 spiro atoms. The number of rotatable bonds is 3. The molecule has 2 fully saturated rings. The van der Waals surface area contributed by atoms with Crippen LogP contribution in [0.5, 0.6) is 0 Å². The third kappa shape index (κ3) is 4.71. The van der Waals surface area contributed by atoms with Gasteiger partial charge < -0.3 is 0 Å². The Labute approximate surface area is 140 Å². The fourth-order valence-electron chi connectivity index (χ4n) is 4.77. The van der Waals surface area contributed by atoms with Crippen molar-refractivity contribution < 1.29 is 0 Å². The van der Waals surface area contributed by atoms with Crippen LogP contribution in [0.25, 0.3) is 0 Å². The van der Waals surface area contributed by atoms with E-state index in [1.807, 2.05) is 8.60 Å². The quantitative estimate of drug-likeness (QED) is 0.392. The van der Waals surface area contributed by atoms with Gasteiger partial charge in [-0.1, -0.05) is 0 Å². The first kappa shape index (κ1) is 18.3. The van der Waals surface area contributed by atoms with Gasteiger partial charge in [0.15, 0.2) is 0 Å². The van der Waals surface area contributed by atoms with Gasteiger partial charge in [-0.25, -0.2) is 0 Å². The molecule has 120 valence electrons. The van der Waals surface area contributed by atoms with Gasteiger partial charge in [0.05, 0.1) is 0 Å². The Balaban J connectivity index is 2.48. The van der Waals surface area contributed by atoms with Crippen LogP contribution in [0, 0.1) is 5.92 Å².